The molecule has 0 saturated carbocycles. The Balaban J connectivity index is 1.73. The van der Waals surface area contributed by atoms with Crippen LogP contribution in [0, 0.1) is 0 Å². The van der Waals surface area contributed by atoms with Crippen LogP contribution < -0.4 is 5.32 Å². The second-order valence-electron chi connectivity index (χ2n) is 5.70. The first-order chi connectivity index (χ1) is 12.4. The fraction of sp³-hybridized carbons (Fsp3) is 0.158. The van der Waals surface area contributed by atoms with Gasteiger partial charge in [-0.1, -0.05) is 42.5 Å². The third-order valence-electron chi connectivity index (χ3n) is 3.91. The number of pyridine rings is 1. The van der Waals surface area contributed by atoms with Crippen LogP contribution in [0.3, 0.4) is 0 Å². The summed E-state index contributed by atoms with van der Waals surface area (Å²) < 4.78 is 39.0. The van der Waals surface area contributed by atoms with Gasteiger partial charge in [0.15, 0.2) is 0 Å². The van der Waals surface area contributed by atoms with Crippen LogP contribution in [0.2, 0.25) is 0 Å². The predicted octanol–water partition coefficient (Wildman–Crippen LogP) is 3.72. The largest absolute Gasteiger partial charge is 0.416 e. The van der Waals surface area contributed by atoms with Crippen LogP contribution in [0.5, 0.6) is 0 Å². The number of nitrogens with one attached hydrogen (secondary N) is 1. The summed E-state index contributed by atoms with van der Waals surface area (Å²) >= 11 is 0. The number of alkyl halides is 3. The lowest BCUT2D eigenvalue weighted by atomic mass is 10.0. The number of benzene rings is 2. The lowest BCUT2D eigenvalue weighted by Gasteiger charge is -2.17. The first-order valence-corrected chi connectivity index (χ1v) is 7.84. The highest BCUT2D eigenvalue weighted by Gasteiger charge is 2.34. The standard InChI is InChI=1S/C19H15F3N2O2/c20-19(21,22)14-7-3-2-6-13(14)17(25)11-23-18(26)16-10-9-12-5-1-4-8-15(12)24-16/h1-10,17,25H,11H2,(H,23,26). The number of rotatable bonds is 4. The number of para-hydroxylation sites is 1. The molecule has 0 aliphatic carbocycles. The first kappa shape index (κ1) is 17.9. The minimum Gasteiger partial charge on any atom is -0.387 e. The highest BCUT2D eigenvalue weighted by atomic mass is 19.4. The quantitative estimate of drug-likeness (QED) is 0.745. The molecule has 7 heteroatoms. The van der Waals surface area contributed by atoms with Crippen molar-refractivity contribution in [1.82, 2.24) is 10.3 Å². The molecule has 3 rings (SSSR count). The van der Waals surface area contributed by atoms with Crippen LogP contribution in [0.1, 0.15) is 27.7 Å². The van der Waals surface area contributed by atoms with Crippen molar-refractivity contribution < 1.29 is 23.1 Å². The second-order valence-corrected chi connectivity index (χ2v) is 5.70. The van der Waals surface area contributed by atoms with Crippen LogP contribution >= 0.6 is 0 Å². The van der Waals surface area contributed by atoms with Gasteiger partial charge in [-0.3, -0.25) is 4.79 Å². The molecular weight excluding hydrogens is 345 g/mol. The van der Waals surface area contributed by atoms with Crippen LogP contribution in [0.15, 0.2) is 60.7 Å². The number of carbonyl (C=O) groups excluding carboxylic acids is 1. The predicted molar refractivity (Wildman–Crippen MR) is 90.5 cm³/mol. The van der Waals surface area contributed by atoms with Gasteiger partial charge in [-0.25, -0.2) is 4.98 Å². The van der Waals surface area contributed by atoms with E-state index in [9.17, 15) is 23.1 Å². The van der Waals surface area contributed by atoms with Crippen LogP contribution in [0.25, 0.3) is 10.9 Å². The van der Waals surface area contributed by atoms with Crippen molar-refractivity contribution in [3.8, 4) is 0 Å². The summed E-state index contributed by atoms with van der Waals surface area (Å²) in [6.45, 7) is -0.361. The lowest BCUT2D eigenvalue weighted by molar-refractivity contribution is -0.139. The van der Waals surface area contributed by atoms with Crippen LogP contribution in [-0.2, 0) is 6.18 Å². The monoisotopic (exact) mass is 360 g/mol. The van der Waals surface area contributed by atoms with Crippen molar-refractivity contribution in [3.05, 3.63) is 77.5 Å². The van der Waals surface area contributed by atoms with E-state index in [0.717, 1.165) is 11.5 Å². The number of nitrogens with zero attached hydrogens (tertiary/aromatic N) is 1. The molecule has 0 aliphatic heterocycles. The van der Waals surface area contributed by atoms with Crippen molar-refractivity contribution in [3.63, 3.8) is 0 Å². The molecule has 0 saturated heterocycles. The Morgan fingerprint density at radius 1 is 1.04 bits per heavy atom. The number of aliphatic hydroxyl groups excluding tert-OH is 1. The number of carbonyl (C=O) groups is 1. The van der Waals surface area contributed by atoms with E-state index in [1.54, 1.807) is 18.2 Å². The average molecular weight is 360 g/mol. The molecule has 1 unspecified atom stereocenters. The molecule has 134 valence electrons. The Hall–Kier alpha value is -2.93. The van der Waals surface area contributed by atoms with Crippen molar-refractivity contribution in [2.75, 3.05) is 6.54 Å². The molecule has 0 spiro atoms. The summed E-state index contributed by atoms with van der Waals surface area (Å²) in [6.07, 6.45) is -6.07. The van der Waals surface area contributed by atoms with Gasteiger partial charge in [0.25, 0.3) is 5.91 Å². The minimum absolute atomic E-state index is 0.125. The van der Waals surface area contributed by atoms with Crippen LogP contribution in [-0.4, -0.2) is 22.5 Å². The Bertz CT molecular complexity index is 941. The fourth-order valence-corrected chi connectivity index (χ4v) is 2.63. The summed E-state index contributed by atoms with van der Waals surface area (Å²) in [5.41, 5.74) is -0.458. The molecule has 0 radical (unpaired) electrons. The third-order valence-corrected chi connectivity index (χ3v) is 3.91. The van der Waals surface area contributed by atoms with Gasteiger partial charge in [0, 0.05) is 11.9 Å². The first-order valence-electron chi connectivity index (χ1n) is 7.84. The Labute approximate surface area is 147 Å². The van der Waals surface area contributed by atoms with Crippen molar-refractivity contribution in [2.24, 2.45) is 0 Å². The van der Waals surface area contributed by atoms with Gasteiger partial charge in [-0.15, -0.1) is 0 Å². The lowest BCUT2D eigenvalue weighted by Crippen LogP contribution is -2.29. The van der Waals surface area contributed by atoms with Gasteiger partial charge in [-0.05, 0) is 23.8 Å². The maximum absolute atomic E-state index is 13.0. The molecule has 2 N–H and O–H groups in total. The maximum Gasteiger partial charge on any atom is 0.416 e. The highest BCUT2D eigenvalue weighted by Crippen LogP contribution is 2.34. The molecule has 0 aliphatic rings. The van der Waals surface area contributed by atoms with E-state index in [1.807, 2.05) is 12.1 Å². The minimum atomic E-state index is -4.58. The molecule has 1 atom stereocenters. The van der Waals surface area contributed by atoms with Crippen molar-refractivity contribution in [1.29, 1.82) is 0 Å². The average Bonchev–Trinajstić information content (AvgIpc) is 2.64. The molecule has 3 aromatic rings. The fourth-order valence-electron chi connectivity index (χ4n) is 2.63. The van der Waals surface area contributed by atoms with E-state index in [2.05, 4.69) is 10.3 Å². The number of amides is 1. The third kappa shape index (κ3) is 3.83. The number of fused-ring (bicyclic) bond motifs is 1. The molecule has 1 heterocycles. The van der Waals surface area contributed by atoms with Gasteiger partial charge in [-0.2, -0.15) is 13.2 Å². The zero-order valence-electron chi connectivity index (χ0n) is 13.5. The zero-order chi connectivity index (χ0) is 18.7. The van der Waals surface area contributed by atoms with Gasteiger partial charge in [0.1, 0.15) is 5.69 Å². The second kappa shape index (κ2) is 7.13. The van der Waals surface area contributed by atoms with Gasteiger partial charge in [0.2, 0.25) is 0 Å². The van der Waals surface area contributed by atoms with Crippen molar-refractivity contribution in [2.45, 2.75) is 12.3 Å². The molecule has 0 bridgehead atoms. The molecule has 0 fully saturated rings. The highest BCUT2D eigenvalue weighted by molar-refractivity contribution is 5.94. The summed E-state index contributed by atoms with van der Waals surface area (Å²) in [7, 11) is 0. The topological polar surface area (TPSA) is 62.2 Å². The SMILES string of the molecule is O=C(NCC(O)c1ccccc1C(F)(F)F)c1ccc2ccccc2n1. The van der Waals surface area contributed by atoms with E-state index in [4.69, 9.17) is 0 Å². The zero-order valence-corrected chi connectivity index (χ0v) is 13.5. The smallest absolute Gasteiger partial charge is 0.387 e. The molecule has 26 heavy (non-hydrogen) atoms. The maximum atomic E-state index is 13.0. The molecule has 1 amide bonds. The van der Waals surface area contributed by atoms with E-state index >= 15 is 0 Å². The normalized spacial score (nSPS) is 12.8. The van der Waals surface area contributed by atoms with Crippen LogP contribution in [0.4, 0.5) is 13.2 Å². The number of hydrogen-bond acceptors (Lipinski definition) is 3. The number of halogens is 3. The van der Waals surface area contributed by atoms with Gasteiger partial charge < -0.3 is 10.4 Å². The van der Waals surface area contributed by atoms with E-state index in [-0.39, 0.29) is 17.8 Å². The Morgan fingerprint density at radius 3 is 2.50 bits per heavy atom. The molecular formula is C19H15F3N2O2. The number of aliphatic hydroxyl groups is 1. The number of hydrogen-bond donors (Lipinski definition) is 2. The van der Waals surface area contributed by atoms with E-state index in [0.29, 0.717) is 5.52 Å². The van der Waals surface area contributed by atoms with Gasteiger partial charge >= 0.3 is 6.18 Å². The van der Waals surface area contributed by atoms with Crippen molar-refractivity contribution >= 4 is 16.8 Å². The molecule has 2 aromatic carbocycles. The Kier molecular flexibility index (Phi) is 4.90. The molecule has 1 aromatic heterocycles. The summed E-state index contributed by atoms with van der Waals surface area (Å²) in [5, 5.41) is 13.4. The summed E-state index contributed by atoms with van der Waals surface area (Å²) in [6, 6.07) is 15.2. The molecule has 4 nitrogen and oxygen atoms in total. The number of aromatic nitrogens is 1. The summed E-state index contributed by atoms with van der Waals surface area (Å²) in [4.78, 5) is 16.4. The van der Waals surface area contributed by atoms with Gasteiger partial charge in [0.05, 0.1) is 17.2 Å². The van der Waals surface area contributed by atoms with E-state index in [1.165, 1.54) is 24.3 Å². The Morgan fingerprint density at radius 2 is 1.73 bits per heavy atom. The summed E-state index contributed by atoms with van der Waals surface area (Å²) in [5.74, 6) is -0.570. The van der Waals surface area contributed by atoms with E-state index < -0.39 is 23.8 Å².